The Morgan fingerprint density at radius 3 is 3.00 bits per heavy atom. The number of methoxy groups -OCH3 is 1. The second kappa shape index (κ2) is 6.93. The van der Waals surface area contributed by atoms with Gasteiger partial charge in [-0.05, 0) is 18.2 Å². The third-order valence-corrected chi connectivity index (χ3v) is 2.78. The van der Waals surface area contributed by atoms with E-state index in [0.29, 0.717) is 11.1 Å². The summed E-state index contributed by atoms with van der Waals surface area (Å²) in [6.07, 6.45) is 0. The molecule has 0 saturated carbocycles. The largest absolute Gasteiger partial charge is 0.383 e. The number of halogens is 3. The van der Waals surface area contributed by atoms with E-state index in [-0.39, 0.29) is 17.5 Å². The van der Waals surface area contributed by atoms with Gasteiger partial charge in [0, 0.05) is 18.1 Å². The SMILES string of the molecule is COCC(Cl)CNC(=O)c1cc(Br)ccc1F. The van der Waals surface area contributed by atoms with E-state index in [1.165, 1.54) is 25.3 Å². The van der Waals surface area contributed by atoms with Crippen molar-refractivity contribution in [3.8, 4) is 0 Å². The van der Waals surface area contributed by atoms with Crippen molar-refractivity contribution in [3.63, 3.8) is 0 Å². The van der Waals surface area contributed by atoms with Crippen LogP contribution in [0.25, 0.3) is 0 Å². The third kappa shape index (κ3) is 4.61. The smallest absolute Gasteiger partial charge is 0.254 e. The molecule has 1 amide bonds. The Balaban J connectivity index is 2.61. The highest BCUT2D eigenvalue weighted by Crippen LogP contribution is 2.15. The summed E-state index contributed by atoms with van der Waals surface area (Å²) < 4.78 is 18.8. The quantitative estimate of drug-likeness (QED) is 0.846. The molecule has 0 aliphatic carbocycles. The van der Waals surface area contributed by atoms with E-state index >= 15 is 0 Å². The molecule has 1 atom stereocenters. The highest BCUT2D eigenvalue weighted by molar-refractivity contribution is 9.10. The van der Waals surface area contributed by atoms with Gasteiger partial charge in [0.05, 0.1) is 17.5 Å². The fraction of sp³-hybridized carbons (Fsp3) is 0.364. The fourth-order valence-corrected chi connectivity index (χ4v) is 1.77. The Hall–Kier alpha value is -0.650. The van der Waals surface area contributed by atoms with Crippen LogP contribution in [0.3, 0.4) is 0 Å². The van der Waals surface area contributed by atoms with Crippen LogP contribution in [0, 0.1) is 5.82 Å². The second-order valence-electron chi connectivity index (χ2n) is 3.39. The van der Waals surface area contributed by atoms with E-state index in [1.54, 1.807) is 0 Å². The van der Waals surface area contributed by atoms with Crippen LogP contribution in [-0.2, 0) is 4.74 Å². The minimum atomic E-state index is -0.566. The number of nitrogens with one attached hydrogen (secondary N) is 1. The lowest BCUT2D eigenvalue weighted by molar-refractivity contribution is 0.0945. The van der Waals surface area contributed by atoms with E-state index in [4.69, 9.17) is 16.3 Å². The number of amides is 1. The van der Waals surface area contributed by atoms with Gasteiger partial charge in [-0.25, -0.2) is 4.39 Å². The van der Waals surface area contributed by atoms with Crippen molar-refractivity contribution in [2.45, 2.75) is 5.38 Å². The number of carbonyl (C=O) groups is 1. The number of alkyl halides is 1. The molecule has 0 radical (unpaired) electrons. The molecule has 1 rings (SSSR count). The van der Waals surface area contributed by atoms with Crippen molar-refractivity contribution < 1.29 is 13.9 Å². The zero-order chi connectivity index (χ0) is 12.8. The number of rotatable bonds is 5. The maximum Gasteiger partial charge on any atom is 0.254 e. The first kappa shape index (κ1) is 14.4. The number of hydrogen-bond donors (Lipinski definition) is 1. The Morgan fingerprint density at radius 1 is 1.65 bits per heavy atom. The topological polar surface area (TPSA) is 38.3 Å². The Morgan fingerprint density at radius 2 is 2.35 bits per heavy atom. The predicted octanol–water partition coefficient (Wildman–Crippen LogP) is 2.57. The zero-order valence-corrected chi connectivity index (χ0v) is 11.5. The van der Waals surface area contributed by atoms with Crippen LogP contribution in [0.5, 0.6) is 0 Å². The molecule has 1 N–H and O–H groups in total. The number of ether oxygens (including phenoxy) is 1. The van der Waals surface area contributed by atoms with Crippen LogP contribution in [0.1, 0.15) is 10.4 Å². The van der Waals surface area contributed by atoms with Crippen molar-refractivity contribution >= 4 is 33.4 Å². The van der Waals surface area contributed by atoms with Gasteiger partial charge in [0.1, 0.15) is 5.82 Å². The lowest BCUT2D eigenvalue weighted by Crippen LogP contribution is -2.32. The van der Waals surface area contributed by atoms with Gasteiger partial charge in [-0.1, -0.05) is 15.9 Å². The van der Waals surface area contributed by atoms with Crippen LogP contribution in [0.4, 0.5) is 4.39 Å². The van der Waals surface area contributed by atoms with Gasteiger partial charge in [-0.3, -0.25) is 4.79 Å². The van der Waals surface area contributed by atoms with Crippen molar-refractivity contribution in [3.05, 3.63) is 34.1 Å². The molecule has 17 heavy (non-hydrogen) atoms. The van der Waals surface area contributed by atoms with Gasteiger partial charge >= 0.3 is 0 Å². The number of hydrogen-bond acceptors (Lipinski definition) is 2. The Labute approximate surface area is 112 Å². The average Bonchev–Trinajstić information content (AvgIpc) is 2.29. The monoisotopic (exact) mass is 323 g/mol. The van der Waals surface area contributed by atoms with E-state index in [1.807, 2.05) is 0 Å². The second-order valence-corrected chi connectivity index (χ2v) is 4.92. The van der Waals surface area contributed by atoms with Crippen LogP contribution >= 0.6 is 27.5 Å². The summed E-state index contributed by atoms with van der Waals surface area (Å²) in [5.41, 5.74) is -0.0133. The van der Waals surface area contributed by atoms with Gasteiger partial charge < -0.3 is 10.1 Å². The molecule has 0 aromatic heterocycles. The fourth-order valence-electron chi connectivity index (χ4n) is 1.21. The minimum Gasteiger partial charge on any atom is -0.383 e. The van der Waals surface area contributed by atoms with E-state index in [9.17, 15) is 9.18 Å². The highest BCUT2D eigenvalue weighted by Gasteiger charge is 2.13. The van der Waals surface area contributed by atoms with Crippen molar-refractivity contribution in [2.75, 3.05) is 20.3 Å². The maximum atomic E-state index is 13.4. The molecule has 0 fully saturated rings. The van der Waals surface area contributed by atoms with Crippen LogP contribution in [-0.4, -0.2) is 31.5 Å². The molecule has 1 aromatic carbocycles. The summed E-state index contributed by atoms with van der Waals surface area (Å²) in [6.45, 7) is 0.545. The van der Waals surface area contributed by atoms with Gasteiger partial charge in [0.15, 0.2) is 0 Å². The van der Waals surface area contributed by atoms with E-state index < -0.39 is 11.7 Å². The first-order chi connectivity index (χ1) is 8.04. The summed E-state index contributed by atoms with van der Waals surface area (Å²) in [5, 5.41) is 2.21. The molecular formula is C11H12BrClFNO2. The van der Waals surface area contributed by atoms with Crippen molar-refractivity contribution in [1.29, 1.82) is 0 Å². The molecular weight excluding hydrogens is 312 g/mol. The molecule has 0 spiro atoms. The van der Waals surface area contributed by atoms with Crippen molar-refractivity contribution in [2.24, 2.45) is 0 Å². The molecule has 0 aliphatic heterocycles. The lowest BCUT2D eigenvalue weighted by atomic mass is 10.2. The minimum absolute atomic E-state index is 0.0133. The summed E-state index contributed by atoms with van der Waals surface area (Å²) in [4.78, 5) is 11.7. The van der Waals surface area contributed by atoms with Gasteiger partial charge in [0.25, 0.3) is 5.91 Å². The zero-order valence-electron chi connectivity index (χ0n) is 9.17. The van der Waals surface area contributed by atoms with Gasteiger partial charge in [-0.2, -0.15) is 0 Å². The Kier molecular flexibility index (Phi) is 5.88. The van der Waals surface area contributed by atoms with E-state index in [0.717, 1.165) is 0 Å². The summed E-state index contributed by atoms with van der Waals surface area (Å²) in [6, 6.07) is 4.18. The number of benzene rings is 1. The van der Waals surface area contributed by atoms with Crippen LogP contribution < -0.4 is 5.32 Å². The van der Waals surface area contributed by atoms with Crippen LogP contribution in [0.2, 0.25) is 0 Å². The molecule has 0 heterocycles. The first-order valence-electron chi connectivity index (χ1n) is 4.91. The summed E-state index contributed by atoms with van der Waals surface area (Å²) >= 11 is 9.02. The van der Waals surface area contributed by atoms with Crippen LogP contribution in [0.15, 0.2) is 22.7 Å². The third-order valence-electron chi connectivity index (χ3n) is 2.00. The Bertz CT molecular complexity index is 403. The standard InChI is InChI=1S/C11H12BrClFNO2/c1-17-6-8(13)5-15-11(16)9-4-7(12)2-3-10(9)14/h2-4,8H,5-6H2,1H3,(H,15,16). The molecule has 1 aromatic rings. The lowest BCUT2D eigenvalue weighted by Gasteiger charge is -2.10. The van der Waals surface area contributed by atoms with E-state index in [2.05, 4.69) is 21.2 Å². The molecule has 0 bridgehead atoms. The van der Waals surface area contributed by atoms with Gasteiger partial charge in [0.2, 0.25) is 0 Å². The summed E-state index contributed by atoms with van der Waals surface area (Å²) in [7, 11) is 1.52. The maximum absolute atomic E-state index is 13.4. The molecule has 6 heteroatoms. The molecule has 3 nitrogen and oxygen atoms in total. The molecule has 0 aliphatic rings. The van der Waals surface area contributed by atoms with Gasteiger partial charge in [-0.15, -0.1) is 11.6 Å². The highest BCUT2D eigenvalue weighted by atomic mass is 79.9. The molecule has 94 valence electrons. The number of carbonyl (C=O) groups excluding carboxylic acids is 1. The normalized spacial score (nSPS) is 12.2. The predicted molar refractivity (Wildman–Crippen MR) is 68.0 cm³/mol. The molecule has 0 saturated heterocycles. The molecule has 1 unspecified atom stereocenters. The first-order valence-corrected chi connectivity index (χ1v) is 6.13. The average molecular weight is 325 g/mol. The van der Waals surface area contributed by atoms with Crippen molar-refractivity contribution in [1.82, 2.24) is 5.32 Å². The summed E-state index contributed by atoms with van der Waals surface area (Å²) in [5.74, 6) is -1.06.